The molecule has 0 spiro atoms. The lowest BCUT2D eigenvalue weighted by Gasteiger charge is -2.36. The number of thioether (sulfide) groups is 1. The molecule has 140 valence electrons. The highest BCUT2D eigenvalue weighted by molar-refractivity contribution is 7.99. The molecule has 1 amide bonds. The Morgan fingerprint density at radius 3 is 2.69 bits per heavy atom. The van der Waals surface area contributed by atoms with E-state index in [1.54, 1.807) is 21.6 Å². The quantitative estimate of drug-likeness (QED) is 0.771. The summed E-state index contributed by atoms with van der Waals surface area (Å²) in [6.45, 7) is 4.86. The van der Waals surface area contributed by atoms with Gasteiger partial charge in [0.15, 0.2) is 5.16 Å². The van der Waals surface area contributed by atoms with Gasteiger partial charge in [0, 0.05) is 32.7 Å². The van der Waals surface area contributed by atoms with Crippen LogP contribution in [-0.4, -0.2) is 57.5 Å². The van der Waals surface area contributed by atoms with Crippen molar-refractivity contribution in [3.63, 3.8) is 0 Å². The van der Waals surface area contributed by atoms with Crippen LogP contribution in [0.3, 0.4) is 0 Å². The Balaban J connectivity index is 1.53. The van der Waals surface area contributed by atoms with Crippen molar-refractivity contribution >= 4 is 23.4 Å². The van der Waals surface area contributed by atoms with E-state index in [-0.39, 0.29) is 23.2 Å². The molecule has 0 unspecified atom stereocenters. The molecule has 3 rings (SSSR count). The summed E-state index contributed by atoms with van der Waals surface area (Å²) in [6, 6.07) is 6.69. The third-order valence-electron chi connectivity index (χ3n) is 4.32. The number of nitrogens with zero attached hydrogens (tertiary/aromatic N) is 4. The number of para-hydroxylation sites is 1. The fraction of sp³-hybridized carbons (Fsp3) is 0.471. The van der Waals surface area contributed by atoms with Crippen molar-refractivity contribution in [2.45, 2.75) is 25.0 Å². The average molecular weight is 379 g/mol. The van der Waals surface area contributed by atoms with Gasteiger partial charge in [-0.05, 0) is 18.6 Å². The summed E-state index contributed by atoms with van der Waals surface area (Å²) in [6.07, 6.45) is 0.818. The first-order valence-electron chi connectivity index (χ1n) is 8.65. The third-order valence-corrected chi connectivity index (χ3v) is 5.28. The minimum atomic E-state index is -0.250. The number of amides is 1. The van der Waals surface area contributed by atoms with Crippen LogP contribution in [0.2, 0.25) is 0 Å². The van der Waals surface area contributed by atoms with Crippen molar-refractivity contribution < 1.29 is 9.18 Å². The zero-order valence-corrected chi connectivity index (χ0v) is 15.5. The Hall–Kier alpha value is -2.29. The maximum atomic E-state index is 13.9. The van der Waals surface area contributed by atoms with Crippen LogP contribution in [0.1, 0.15) is 13.3 Å². The molecule has 1 aliphatic rings. The van der Waals surface area contributed by atoms with Crippen LogP contribution >= 0.6 is 11.8 Å². The molecule has 9 heteroatoms. The summed E-state index contributed by atoms with van der Waals surface area (Å²) in [7, 11) is 0. The molecule has 2 heterocycles. The summed E-state index contributed by atoms with van der Waals surface area (Å²) >= 11 is 1.27. The number of nitrogens with one attached hydrogen (secondary N) is 1. The summed E-state index contributed by atoms with van der Waals surface area (Å²) in [5, 5.41) is 6.94. The number of hydrogen-bond acceptors (Lipinski definition) is 5. The van der Waals surface area contributed by atoms with Gasteiger partial charge < -0.3 is 9.80 Å². The molecule has 1 fully saturated rings. The first kappa shape index (κ1) is 18.5. The molecule has 1 N–H and O–H groups in total. The van der Waals surface area contributed by atoms with Crippen LogP contribution in [0.15, 0.2) is 34.2 Å². The minimum Gasteiger partial charge on any atom is -0.366 e. The predicted octanol–water partition coefficient (Wildman–Crippen LogP) is 1.56. The number of aromatic amines is 1. The first-order valence-corrected chi connectivity index (χ1v) is 9.64. The van der Waals surface area contributed by atoms with Gasteiger partial charge in [0.25, 0.3) is 0 Å². The lowest BCUT2D eigenvalue weighted by atomic mass is 10.2. The molecule has 0 bridgehead atoms. The normalized spacial score (nSPS) is 14.7. The van der Waals surface area contributed by atoms with Gasteiger partial charge in [0.2, 0.25) is 5.91 Å². The lowest BCUT2D eigenvalue weighted by Crippen LogP contribution is -2.49. The Bertz CT molecular complexity index is 813. The fourth-order valence-corrected chi connectivity index (χ4v) is 3.83. The highest BCUT2D eigenvalue weighted by Crippen LogP contribution is 2.21. The summed E-state index contributed by atoms with van der Waals surface area (Å²) < 4.78 is 15.4. The highest BCUT2D eigenvalue weighted by Gasteiger charge is 2.23. The van der Waals surface area contributed by atoms with Crippen LogP contribution in [0.4, 0.5) is 10.1 Å². The maximum absolute atomic E-state index is 13.9. The van der Waals surface area contributed by atoms with E-state index in [1.165, 1.54) is 17.8 Å². The molecular formula is C17H22FN5O2S. The molecule has 0 aliphatic carbocycles. The monoisotopic (exact) mass is 379 g/mol. The zero-order chi connectivity index (χ0) is 18.5. The van der Waals surface area contributed by atoms with Crippen LogP contribution in [0, 0.1) is 5.82 Å². The zero-order valence-electron chi connectivity index (χ0n) is 14.7. The van der Waals surface area contributed by atoms with E-state index >= 15 is 0 Å². The van der Waals surface area contributed by atoms with Crippen molar-refractivity contribution in [2.75, 3.05) is 36.8 Å². The van der Waals surface area contributed by atoms with Crippen molar-refractivity contribution in [3.05, 3.63) is 40.6 Å². The molecule has 1 aromatic heterocycles. The number of carbonyl (C=O) groups is 1. The lowest BCUT2D eigenvalue weighted by molar-refractivity contribution is -0.128. The molecule has 2 aromatic rings. The third kappa shape index (κ3) is 4.09. The SMILES string of the molecule is CCCn1c(SCC(=O)N2CCN(c3ccccc3F)CC2)n[nH]c1=O. The number of hydrogen-bond donors (Lipinski definition) is 1. The standard InChI is InChI=1S/C17H22FN5O2S/c1-2-7-23-16(25)19-20-17(23)26-12-15(24)22-10-8-21(9-11-22)14-6-4-3-5-13(14)18/h3-6H,2,7-12H2,1H3,(H,19,25). The van der Waals surface area contributed by atoms with Gasteiger partial charge in [-0.1, -0.05) is 30.8 Å². The number of carbonyl (C=O) groups excluding carboxylic acids is 1. The molecule has 1 saturated heterocycles. The maximum Gasteiger partial charge on any atom is 0.343 e. The van der Waals surface area contributed by atoms with E-state index in [2.05, 4.69) is 10.2 Å². The predicted molar refractivity (Wildman–Crippen MR) is 99.1 cm³/mol. The van der Waals surface area contributed by atoms with E-state index in [0.29, 0.717) is 43.6 Å². The van der Waals surface area contributed by atoms with Crippen molar-refractivity contribution in [1.82, 2.24) is 19.7 Å². The van der Waals surface area contributed by atoms with Crippen molar-refractivity contribution in [3.8, 4) is 0 Å². The number of piperazine rings is 1. The number of aromatic nitrogens is 3. The van der Waals surface area contributed by atoms with Gasteiger partial charge >= 0.3 is 5.69 Å². The largest absolute Gasteiger partial charge is 0.366 e. The summed E-state index contributed by atoms with van der Waals surface area (Å²) in [5.41, 5.74) is 0.328. The molecular weight excluding hydrogens is 357 g/mol. The Labute approximate surface area is 155 Å². The van der Waals surface area contributed by atoms with Gasteiger partial charge in [0.1, 0.15) is 5.82 Å². The smallest absolute Gasteiger partial charge is 0.343 e. The number of rotatable bonds is 6. The van der Waals surface area contributed by atoms with Crippen LogP contribution in [0.5, 0.6) is 0 Å². The van der Waals surface area contributed by atoms with Gasteiger partial charge in [-0.2, -0.15) is 0 Å². The molecule has 0 atom stereocenters. The molecule has 1 aliphatic heterocycles. The summed E-state index contributed by atoms with van der Waals surface area (Å²) in [4.78, 5) is 27.9. The molecule has 0 radical (unpaired) electrons. The van der Waals surface area contributed by atoms with Gasteiger partial charge in [-0.3, -0.25) is 9.36 Å². The number of H-pyrrole nitrogens is 1. The Kier molecular flexibility index (Phi) is 5.97. The number of anilines is 1. The average Bonchev–Trinajstić information content (AvgIpc) is 3.01. The number of halogens is 1. The summed E-state index contributed by atoms with van der Waals surface area (Å²) in [5.74, 6) is -0.00908. The van der Waals surface area contributed by atoms with E-state index in [1.807, 2.05) is 17.9 Å². The molecule has 0 saturated carbocycles. The fourth-order valence-electron chi connectivity index (χ4n) is 2.96. The van der Waals surface area contributed by atoms with Crippen molar-refractivity contribution in [2.24, 2.45) is 0 Å². The van der Waals surface area contributed by atoms with Gasteiger partial charge in [0.05, 0.1) is 11.4 Å². The molecule has 1 aromatic carbocycles. The van der Waals surface area contributed by atoms with Gasteiger partial charge in [-0.15, -0.1) is 5.10 Å². The first-order chi connectivity index (χ1) is 12.6. The Morgan fingerprint density at radius 1 is 1.27 bits per heavy atom. The van der Waals surface area contributed by atoms with Crippen LogP contribution in [0.25, 0.3) is 0 Å². The van der Waals surface area contributed by atoms with Gasteiger partial charge in [-0.25, -0.2) is 14.3 Å². The van der Waals surface area contributed by atoms with Crippen LogP contribution < -0.4 is 10.6 Å². The second-order valence-corrected chi connectivity index (χ2v) is 7.01. The molecule has 26 heavy (non-hydrogen) atoms. The minimum absolute atomic E-state index is 0.00156. The second kappa shape index (κ2) is 8.39. The Morgan fingerprint density at radius 2 is 2.00 bits per heavy atom. The van der Waals surface area contributed by atoms with E-state index < -0.39 is 0 Å². The van der Waals surface area contributed by atoms with E-state index in [4.69, 9.17) is 0 Å². The van der Waals surface area contributed by atoms with E-state index in [0.717, 1.165) is 6.42 Å². The second-order valence-electron chi connectivity index (χ2n) is 6.07. The van der Waals surface area contributed by atoms with Crippen molar-refractivity contribution in [1.29, 1.82) is 0 Å². The molecule has 7 nitrogen and oxygen atoms in total. The van der Waals surface area contributed by atoms with Crippen LogP contribution in [-0.2, 0) is 11.3 Å². The number of benzene rings is 1. The topological polar surface area (TPSA) is 74.2 Å². The van der Waals surface area contributed by atoms with E-state index in [9.17, 15) is 14.0 Å². The highest BCUT2D eigenvalue weighted by atomic mass is 32.2.